The Morgan fingerprint density at radius 1 is 1.02 bits per heavy atom. The molecule has 7 rings (SSSR count). The highest BCUT2D eigenvalue weighted by Gasteiger charge is 2.49. The monoisotopic (exact) mass is 779 g/mol. The number of nitrogens with zero attached hydrogens (tertiary/aromatic N) is 2. The number of hydrogen-bond acceptors (Lipinski definition) is 10. The fraction of sp³-hybridized carbons (Fsp3) is 0.822. The zero-order chi connectivity index (χ0) is 39.6. The summed E-state index contributed by atoms with van der Waals surface area (Å²) in [5, 5.41) is 56.8. The summed E-state index contributed by atoms with van der Waals surface area (Å²) in [6.45, 7) is 5.92. The maximum Gasteiger partial charge on any atom is 0.306 e. The lowest BCUT2D eigenvalue weighted by atomic mass is 9.61. The Bertz CT molecular complexity index is 1490. The number of carboxylic acids is 1. The van der Waals surface area contributed by atoms with Gasteiger partial charge in [0.15, 0.2) is 0 Å². The van der Waals surface area contributed by atoms with E-state index in [1.54, 1.807) is 0 Å². The third-order valence-electron chi connectivity index (χ3n) is 15.8. The van der Waals surface area contributed by atoms with Gasteiger partial charge in [-0.15, -0.1) is 0 Å². The predicted molar refractivity (Wildman–Crippen MR) is 222 cm³/mol. The number of rotatable bonds is 6. The average Bonchev–Trinajstić information content (AvgIpc) is 3.88. The van der Waals surface area contributed by atoms with Crippen LogP contribution in [0.1, 0.15) is 147 Å². The molecule has 0 radical (unpaired) electrons. The molecule has 10 unspecified atom stereocenters. The second kappa shape index (κ2) is 17.7. The molecule has 4 aliphatic heterocycles. The summed E-state index contributed by atoms with van der Waals surface area (Å²) in [6, 6.07) is 9.51. The molecule has 4 fully saturated rings. The smallest absolute Gasteiger partial charge is 0.306 e. The molecule has 2 saturated heterocycles. The van der Waals surface area contributed by atoms with Gasteiger partial charge < -0.3 is 36.8 Å². The molecule has 0 aromatic heterocycles. The number of β-amino-alcohol motifs (C(OH)–C–C–N with tert-alkyl or cyclic N) is 1. The Labute approximate surface area is 336 Å². The molecule has 6 aliphatic rings. The van der Waals surface area contributed by atoms with E-state index >= 15 is 0 Å². The number of aliphatic hydroxyl groups excluding tert-OH is 2. The van der Waals surface area contributed by atoms with Crippen molar-refractivity contribution in [1.29, 1.82) is 0 Å². The van der Waals surface area contributed by atoms with Crippen molar-refractivity contribution in [1.82, 2.24) is 20.9 Å². The normalized spacial score (nSPS) is 38.9. The van der Waals surface area contributed by atoms with Gasteiger partial charge in [-0.1, -0.05) is 62.8 Å². The van der Waals surface area contributed by atoms with Crippen molar-refractivity contribution in [2.24, 2.45) is 22.1 Å². The summed E-state index contributed by atoms with van der Waals surface area (Å²) >= 11 is 0. The molecule has 2 aliphatic carbocycles. The Morgan fingerprint density at radius 3 is 2.50 bits per heavy atom. The van der Waals surface area contributed by atoms with Crippen LogP contribution in [-0.2, 0) is 16.6 Å². The third-order valence-corrected chi connectivity index (χ3v) is 15.8. The second-order valence-corrected chi connectivity index (χ2v) is 19.9. The highest BCUT2D eigenvalue weighted by molar-refractivity contribution is 5.68. The van der Waals surface area contributed by atoms with Gasteiger partial charge in [0.05, 0.1) is 37.1 Å². The number of aliphatic imine (C=N–C) groups is 1. The van der Waals surface area contributed by atoms with Crippen molar-refractivity contribution in [3.63, 3.8) is 0 Å². The first-order valence-corrected chi connectivity index (χ1v) is 22.4. The molecule has 4 bridgehead atoms. The summed E-state index contributed by atoms with van der Waals surface area (Å²) in [5.74, 6) is -0.905. The van der Waals surface area contributed by atoms with Gasteiger partial charge >= 0.3 is 5.97 Å². The van der Waals surface area contributed by atoms with Gasteiger partial charge in [0.25, 0.3) is 0 Å². The van der Waals surface area contributed by atoms with Crippen molar-refractivity contribution in [3.05, 3.63) is 35.4 Å². The lowest BCUT2D eigenvalue weighted by Crippen LogP contribution is -2.67. The Kier molecular flexibility index (Phi) is 13.3. The molecule has 11 nitrogen and oxygen atoms in total. The topological polar surface area (TPSA) is 176 Å². The Balaban J connectivity index is 1.22. The fourth-order valence-corrected chi connectivity index (χ4v) is 12.4. The van der Waals surface area contributed by atoms with Gasteiger partial charge in [0.2, 0.25) is 0 Å². The van der Waals surface area contributed by atoms with E-state index in [2.05, 4.69) is 64.0 Å². The van der Waals surface area contributed by atoms with Crippen LogP contribution in [0.5, 0.6) is 0 Å². The number of hydrogen-bond donors (Lipinski definition) is 8. The largest absolute Gasteiger partial charge is 0.481 e. The average molecular weight is 779 g/mol. The molecule has 2 saturated carbocycles. The van der Waals surface area contributed by atoms with Crippen LogP contribution in [0.15, 0.2) is 29.3 Å². The molecular weight excluding hydrogens is 705 g/mol. The van der Waals surface area contributed by atoms with E-state index in [1.807, 2.05) is 6.21 Å². The molecular formula is C45H74N6O5. The van der Waals surface area contributed by atoms with E-state index in [4.69, 9.17) is 5.73 Å². The van der Waals surface area contributed by atoms with Crippen LogP contribution in [0.2, 0.25) is 0 Å². The van der Waals surface area contributed by atoms with Crippen molar-refractivity contribution in [2.75, 3.05) is 19.8 Å². The maximum absolute atomic E-state index is 12.4. The molecule has 11 heteroatoms. The SMILES string of the molecule is CC1NC(CC(O)C2CCCC3(CCCC3)CCC(O)(CC(=O)O)CNC3(C)CC(N)NC(C3)C3(CCCCC3)c3cccc(c3)C2)C(N2CC=NC2)CC1O. The fourth-order valence-electron chi connectivity index (χ4n) is 12.4. The number of piperidine rings is 2. The minimum atomic E-state index is -1.36. The van der Waals surface area contributed by atoms with E-state index < -0.39 is 23.8 Å². The highest BCUT2D eigenvalue weighted by Crippen LogP contribution is 2.49. The second-order valence-electron chi connectivity index (χ2n) is 19.9. The lowest BCUT2D eigenvalue weighted by molar-refractivity contribution is -0.143. The maximum atomic E-state index is 12.4. The molecule has 0 amide bonds. The number of benzene rings is 1. The van der Waals surface area contributed by atoms with E-state index in [-0.39, 0.29) is 65.6 Å². The summed E-state index contributed by atoms with van der Waals surface area (Å²) in [7, 11) is 0. The summed E-state index contributed by atoms with van der Waals surface area (Å²) in [4.78, 5) is 19.1. The summed E-state index contributed by atoms with van der Waals surface area (Å²) in [5.41, 5.74) is 7.75. The Morgan fingerprint density at radius 2 is 1.77 bits per heavy atom. The molecule has 9 N–H and O–H groups in total. The van der Waals surface area contributed by atoms with E-state index in [0.29, 0.717) is 32.4 Å². The van der Waals surface area contributed by atoms with Gasteiger partial charge in [-0.25, -0.2) is 0 Å². The minimum absolute atomic E-state index is 0.0406. The molecule has 1 aromatic rings. The zero-order valence-corrected chi connectivity index (χ0v) is 34.4. The first-order valence-electron chi connectivity index (χ1n) is 22.4. The number of nitrogens with one attached hydrogen (secondary N) is 3. The Hall–Kier alpha value is -1.96. The van der Waals surface area contributed by atoms with E-state index in [9.17, 15) is 25.2 Å². The predicted octanol–water partition coefficient (Wildman–Crippen LogP) is 4.74. The van der Waals surface area contributed by atoms with Gasteiger partial charge in [0.1, 0.15) is 0 Å². The molecule has 4 heterocycles. The van der Waals surface area contributed by atoms with E-state index in [0.717, 1.165) is 83.6 Å². The highest BCUT2D eigenvalue weighted by atomic mass is 16.4. The van der Waals surface area contributed by atoms with E-state index in [1.165, 1.54) is 30.4 Å². The number of nitrogens with two attached hydrogens (primary N) is 1. The first-order chi connectivity index (χ1) is 26.8. The van der Waals surface area contributed by atoms with Crippen molar-refractivity contribution < 1.29 is 25.2 Å². The van der Waals surface area contributed by atoms with Crippen LogP contribution in [0.3, 0.4) is 0 Å². The third kappa shape index (κ3) is 9.73. The van der Waals surface area contributed by atoms with Gasteiger partial charge in [-0.3, -0.25) is 20.0 Å². The summed E-state index contributed by atoms with van der Waals surface area (Å²) < 4.78 is 0. The quantitative estimate of drug-likeness (QED) is 0.202. The summed E-state index contributed by atoms with van der Waals surface area (Å²) in [6.07, 6.45) is 18.6. The van der Waals surface area contributed by atoms with Crippen molar-refractivity contribution in [3.8, 4) is 0 Å². The zero-order valence-electron chi connectivity index (χ0n) is 34.4. The van der Waals surface area contributed by atoms with Crippen LogP contribution in [-0.4, -0.2) is 111 Å². The van der Waals surface area contributed by atoms with Crippen LogP contribution < -0.4 is 21.7 Å². The number of fused-ring (bicyclic) bond motifs is 6. The standard InChI is InChI=1S/C45H74N6O5/c1-31-37(52)25-36(51-21-20-47-30-51)35(49-31)24-38(53)33-11-9-15-43(13-6-7-14-43)18-19-44(56,28-41(54)55)29-48-42(2)26-39(50-40(46)27-42)45(16-4-3-5-17-45)34-12-8-10-32(22-33)23-34/h8,10,12,20,23,31,33,35-40,48-50,52-53,56H,3-7,9,11,13-19,21-22,24-30,46H2,1-2H3,(H,54,55). The van der Waals surface area contributed by atoms with Gasteiger partial charge in [-0.2, -0.15) is 0 Å². The minimum Gasteiger partial charge on any atom is -0.481 e. The molecule has 314 valence electrons. The molecule has 2 spiro atoms. The van der Waals surface area contributed by atoms with Crippen LogP contribution in [0.4, 0.5) is 0 Å². The molecule has 56 heavy (non-hydrogen) atoms. The van der Waals surface area contributed by atoms with Crippen LogP contribution >= 0.6 is 0 Å². The molecule has 10 atom stereocenters. The number of carbonyl (C=O) groups is 1. The first kappa shape index (κ1) is 42.2. The van der Waals surface area contributed by atoms with Crippen molar-refractivity contribution >= 4 is 12.2 Å². The lowest BCUT2D eigenvalue weighted by Gasteiger charge is -2.53. The number of aliphatic hydroxyl groups is 3. The van der Waals surface area contributed by atoms with Crippen LogP contribution in [0.25, 0.3) is 0 Å². The van der Waals surface area contributed by atoms with Gasteiger partial charge in [-0.05, 0) is 120 Å². The molecule has 1 aromatic carbocycles. The number of aliphatic carboxylic acids is 1. The number of carboxylic acid groups (broad SMARTS) is 1. The van der Waals surface area contributed by atoms with Crippen molar-refractivity contribution in [2.45, 2.75) is 201 Å². The van der Waals surface area contributed by atoms with Gasteiger partial charge in [0, 0.05) is 54.4 Å². The van der Waals surface area contributed by atoms with Crippen LogP contribution in [0, 0.1) is 11.3 Å².